The Hall–Kier alpha value is -0.280. The second kappa shape index (κ2) is 7.22. The normalized spacial score (nSPS) is 25.2. The zero-order chi connectivity index (χ0) is 12.8. The molecule has 1 fully saturated rings. The standard InChI is InChI=1S/C10H22N2O5/c13-6-8(15)10(17)9(16)7(14)5-12-3-1-11-2-4-12/h7-11,13-17H,1-6H2/t7-,8+,9+,10-/m0/s1. The van der Waals surface area contributed by atoms with E-state index in [0.717, 1.165) is 26.2 Å². The first kappa shape index (κ1) is 14.8. The number of nitrogens with zero attached hydrogens (tertiary/aromatic N) is 1. The van der Waals surface area contributed by atoms with Crippen LogP contribution in [0.15, 0.2) is 0 Å². The molecule has 1 rings (SSSR count). The van der Waals surface area contributed by atoms with Gasteiger partial charge in [0, 0.05) is 32.7 Å². The van der Waals surface area contributed by atoms with Crippen LogP contribution in [0, 0.1) is 0 Å². The molecule has 1 heterocycles. The Morgan fingerprint density at radius 2 is 1.47 bits per heavy atom. The second-order valence-corrected chi connectivity index (χ2v) is 4.35. The first-order valence-electron chi connectivity index (χ1n) is 5.82. The summed E-state index contributed by atoms with van der Waals surface area (Å²) in [4.78, 5) is 1.96. The van der Waals surface area contributed by atoms with E-state index in [1.54, 1.807) is 0 Å². The molecule has 1 saturated heterocycles. The molecule has 17 heavy (non-hydrogen) atoms. The Morgan fingerprint density at radius 1 is 0.941 bits per heavy atom. The van der Waals surface area contributed by atoms with Gasteiger partial charge in [-0.05, 0) is 0 Å². The molecule has 0 aromatic heterocycles. The third kappa shape index (κ3) is 4.47. The molecule has 0 bridgehead atoms. The van der Waals surface area contributed by atoms with E-state index in [-0.39, 0.29) is 6.54 Å². The number of piperazine rings is 1. The molecule has 0 amide bonds. The summed E-state index contributed by atoms with van der Waals surface area (Å²) >= 11 is 0. The Labute approximate surface area is 100 Å². The third-order valence-corrected chi connectivity index (χ3v) is 2.98. The summed E-state index contributed by atoms with van der Waals surface area (Å²) in [7, 11) is 0. The van der Waals surface area contributed by atoms with Crippen LogP contribution >= 0.6 is 0 Å². The van der Waals surface area contributed by atoms with E-state index in [9.17, 15) is 15.3 Å². The van der Waals surface area contributed by atoms with Gasteiger partial charge in [-0.3, -0.25) is 4.90 Å². The van der Waals surface area contributed by atoms with Crippen molar-refractivity contribution >= 4 is 0 Å². The summed E-state index contributed by atoms with van der Waals surface area (Å²) in [5.74, 6) is 0. The van der Waals surface area contributed by atoms with Crippen molar-refractivity contribution in [3.05, 3.63) is 0 Å². The van der Waals surface area contributed by atoms with Gasteiger partial charge in [0.25, 0.3) is 0 Å². The van der Waals surface area contributed by atoms with Crippen LogP contribution in [0.5, 0.6) is 0 Å². The van der Waals surface area contributed by atoms with Crippen molar-refractivity contribution in [2.24, 2.45) is 0 Å². The van der Waals surface area contributed by atoms with Crippen LogP contribution in [0.25, 0.3) is 0 Å². The summed E-state index contributed by atoms with van der Waals surface area (Å²) < 4.78 is 0. The first-order valence-corrected chi connectivity index (χ1v) is 5.82. The van der Waals surface area contributed by atoms with Gasteiger partial charge in [-0.15, -0.1) is 0 Å². The quantitative estimate of drug-likeness (QED) is 0.288. The average Bonchev–Trinajstić information content (AvgIpc) is 2.37. The smallest absolute Gasteiger partial charge is 0.111 e. The van der Waals surface area contributed by atoms with Crippen molar-refractivity contribution in [1.82, 2.24) is 10.2 Å². The molecule has 7 heteroatoms. The van der Waals surface area contributed by atoms with E-state index >= 15 is 0 Å². The maximum absolute atomic E-state index is 9.72. The van der Waals surface area contributed by atoms with Gasteiger partial charge in [0.2, 0.25) is 0 Å². The number of hydrogen-bond acceptors (Lipinski definition) is 7. The lowest BCUT2D eigenvalue weighted by Crippen LogP contribution is -2.52. The molecule has 0 radical (unpaired) electrons. The summed E-state index contributed by atoms with van der Waals surface area (Å²) in [5, 5.41) is 49.7. The molecule has 102 valence electrons. The van der Waals surface area contributed by atoms with Crippen molar-refractivity contribution in [1.29, 1.82) is 0 Å². The van der Waals surface area contributed by atoms with Crippen LogP contribution in [0.4, 0.5) is 0 Å². The summed E-state index contributed by atoms with van der Waals surface area (Å²) in [5.41, 5.74) is 0. The van der Waals surface area contributed by atoms with Gasteiger partial charge >= 0.3 is 0 Å². The van der Waals surface area contributed by atoms with E-state index in [1.165, 1.54) is 0 Å². The summed E-state index contributed by atoms with van der Waals surface area (Å²) in [6.45, 7) is 2.76. The van der Waals surface area contributed by atoms with Gasteiger partial charge in [-0.1, -0.05) is 0 Å². The van der Waals surface area contributed by atoms with E-state index in [4.69, 9.17) is 10.2 Å². The molecule has 0 aromatic rings. The number of rotatable bonds is 6. The van der Waals surface area contributed by atoms with Gasteiger partial charge in [0.15, 0.2) is 0 Å². The Bertz CT molecular complexity index is 213. The van der Waals surface area contributed by atoms with Crippen molar-refractivity contribution in [2.75, 3.05) is 39.3 Å². The molecule has 0 aromatic carbocycles. The zero-order valence-corrected chi connectivity index (χ0v) is 9.74. The van der Waals surface area contributed by atoms with Crippen LogP contribution in [0.3, 0.4) is 0 Å². The molecular weight excluding hydrogens is 228 g/mol. The van der Waals surface area contributed by atoms with Gasteiger partial charge in [-0.2, -0.15) is 0 Å². The SMILES string of the molecule is OC[C@@H](O)[C@H](O)[C@H](O)[C@@H](O)CN1CCNCC1. The Morgan fingerprint density at radius 3 is 2.00 bits per heavy atom. The van der Waals surface area contributed by atoms with E-state index < -0.39 is 31.0 Å². The Balaban J connectivity index is 2.37. The number of aliphatic hydroxyl groups is 5. The number of nitrogens with one attached hydrogen (secondary N) is 1. The fourth-order valence-electron chi connectivity index (χ4n) is 1.83. The van der Waals surface area contributed by atoms with Gasteiger partial charge < -0.3 is 30.8 Å². The molecule has 6 N–H and O–H groups in total. The van der Waals surface area contributed by atoms with Crippen LogP contribution in [-0.4, -0.2) is 94.2 Å². The highest BCUT2D eigenvalue weighted by molar-refractivity contribution is 4.83. The van der Waals surface area contributed by atoms with Gasteiger partial charge in [-0.25, -0.2) is 0 Å². The van der Waals surface area contributed by atoms with Crippen LogP contribution in [0.1, 0.15) is 0 Å². The molecule has 0 unspecified atom stereocenters. The number of hydrogen-bond donors (Lipinski definition) is 6. The van der Waals surface area contributed by atoms with Crippen molar-refractivity contribution in [3.63, 3.8) is 0 Å². The molecule has 0 aliphatic carbocycles. The summed E-state index contributed by atoms with van der Waals surface area (Å²) in [6, 6.07) is 0. The highest BCUT2D eigenvalue weighted by Gasteiger charge is 2.31. The largest absolute Gasteiger partial charge is 0.394 e. The van der Waals surface area contributed by atoms with Crippen molar-refractivity contribution < 1.29 is 25.5 Å². The molecule has 7 nitrogen and oxygen atoms in total. The minimum absolute atomic E-state index is 0.234. The third-order valence-electron chi connectivity index (χ3n) is 2.98. The minimum atomic E-state index is -1.54. The van der Waals surface area contributed by atoms with Gasteiger partial charge in [0.1, 0.15) is 18.3 Å². The van der Waals surface area contributed by atoms with Crippen LogP contribution < -0.4 is 5.32 Å². The predicted molar refractivity (Wildman–Crippen MR) is 60.4 cm³/mol. The monoisotopic (exact) mass is 250 g/mol. The topological polar surface area (TPSA) is 116 Å². The number of aliphatic hydroxyl groups excluding tert-OH is 5. The van der Waals surface area contributed by atoms with E-state index in [0.29, 0.717) is 0 Å². The Kier molecular flexibility index (Phi) is 6.28. The lowest BCUT2D eigenvalue weighted by Gasteiger charge is -2.32. The van der Waals surface area contributed by atoms with Crippen LogP contribution in [-0.2, 0) is 0 Å². The maximum Gasteiger partial charge on any atom is 0.111 e. The lowest BCUT2D eigenvalue weighted by atomic mass is 10.0. The fraction of sp³-hybridized carbons (Fsp3) is 1.00. The van der Waals surface area contributed by atoms with Crippen LogP contribution in [0.2, 0.25) is 0 Å². The highest BCUT2D eigenvalue weighted by atomic mass is 16.4. The van der Waals surface area contributed by atoms with E-state index in [2.05, 4.69) is 5.32 Å². The summed E-state index contributed by atoms with van der Waals surface area (Å²) in [6.07, 6.45) is -5.60. The molecule has 1 aliphatic heterocycles. The predicted octanol–water partition coefficient (Wildman–Crippen LogP) is -3.67. The van der Waals surface area contributed by atoms with Gasteiger partial charge in [0.05, 0.1) is 12.7 Å². The second-order valence-electron chi connectivity index (χ2n) is 4.35. The first-order chi connectivity index (χ1) is 8.06. The highest BCUT2D eigenvalue weighted by Crippen LogP contribution is 2.07. The lowest BCUT2D eigenvalue weighted by molar-refractivity contribution is -0.119. The number of β-amino-alcohol motifs (C(OH)–C–C–N with tert-alkyl or cyclic N) is 1. The average molecular weight is 250 g/mol. The fourth-order valence-corrected chi connectivity index (χ4v) is 1.83. The molecule has 0 spiro atoms. The molecule has 4 atom stereocenters. The molecule has 1 aliphatic rings. The molecule has 0 saturated carbocycles. The zero-order valence-electron chi connectivity index (χ0n) is 9.74. The molecular formula is C10H22N2O5. The van der Waals surface area contributed by atoms with Crippen molar-refractivity contribution in [3.8, 4) is 0 Å². The van der Waals surface area contributed by atoms with Crippen molar-refractivity contribution in [2.45, 2.75) is 24.4 Å². The minimum Gasteiger partial charge on any atom is -0.394 e. The van der Waals surface area contributed by atoms with E-state index in [1.807, 2.05) is 4.90 Å². The maximum atomic E-state index is 9.72.